The van der Waals surface area contributed by atoms with Crippen LogP contribution in [0.2, 0.25) is 0 Å². The minimum Gasteiger partial charge on any atom is -0.497 e. The second-order valence-electron chi connectivity index (χ2n) is 9.58. The maximum Gasteiger partial charge on any atom is 0.321 e. The number of benzene rings is 1. The lowest BCUT2D eigenvalue weighted by atomic mass is 9.53. The van der Waals surface area contributed by atoms with Gasteiger partial charge in [0.2, 0.25) is 5.91 Å². The Kier molecular flexibility index (Phi) is 5.56. The lowest BCUT2D eigenvalue weighted by Crippen LogP contribution is -2.62. The highest BCUT2D eigenvalue weighted by Gasteiger charge is 2.51. The first-order chi connectivity index (χ1) is 13.9. The van der Waals surface area contributed by atoms with Gasteiger partial charge in [-0.25, -0.2) is 4.79 Å². The second kappa shape index (κ2) is 7.98. The molecule has 3 amide bonds. The molecule has 0 aromatic heterocycles. The third kappa shape index (κ3) is 4.42. The molecule has 1 unspecified atom stereocenters. The van der Waals surface area contributed by atoms with Gasteiger partial charge >= 0.3 is 6.03 Å². The van der Waals surface area contributed by atoms with Crippen molar-refractivity contribution in [2.75, 3.05) is 14.2 Å². The molecule has 1 aromatic carbocycles. The highest BCUT2D eigenvalue weighted by molar-refractivity contribution is 5.97. The third-order valence-electron chi connectivity index (χ3n) is 7.26. The summed E-state index contributed by atoms with van der Waals surface area (Å²) in [6, 6.07) is 7.05. The van der Waals surface area contributed by atoms with E-state index in [2.05, 4.69) is 10.6 Å². The van der Waals surface area contributed by atoms with Crippen molar-refractivity contribution in [3.05, 3.63) is 29.8 Å². The van der Waals surface area contributed by atoms with Gasteiger partial charge in [0.15, 0.2) is 0 Å². The number of hydrogen-bond acceptors (Lipinski definition) is 4. The van der Waals surface area contributed by atoms with E-state index in [1.54, 1.807) is 7.11 Å². The monoisotopic (exact) mass is 399 g/mol. The lowest BCUT2D eigenvalue weighted by molar-refractivity contribution is -0.124. The van der Waals surface area contributed by atoms with E-state index in [1.807, 2.05) is 43.1 Å². The summed E-state index contributed by atoms with van der Waals surface area (Å²) in [6.45, 7) is 2.43. The minimum absolute atomic E-state index is 0.0884. The van der Waals surface area contributed by atoms with Gasteiger partial charge < -0.3 is 10.1 Å². The van der Waals surface area contributed by atoms with Crippen LogP contribution in [0, 0.1) is 17.8 Å². The molecule has 4 fully saturated rings. The summed E-state index contributed by atoms with van der Waals surface area (Å²) >= 11 is 0. The summed E-state index contributed by atoms with van der Waals surface area (Å²) in [7, 11) is 3.53. The van der Waals surface area contributed by atoms with Gasteiger partial charge in [0, 0.05) is 12.1 Å². The van der Waals surface area contributed by atoms with Crippen LogP contribution in [0.4, 0.5) is 4.79 Å². The van der Waals surface area contributed by atoms with Gasteiger partial charge in [-0.1, -0.05) is 12.1 Å². The van der Waals surface area contributed by atoms with Gasteiger partial charge in [-0.05, 0) is 87.9 Å². The van der Waals surface area contributed by atoms with Gasteiger partial charge in [-0.15, -0.1) is 0 Å². The molecule has 0 saturated heterocycles. The van der Waals surface area contributed by atoms with E-state index in [0.717, 1.165) is 48.3 Å². The number of imide groups is 1. The summed E-state index contributed by atoms with van der Waals surface area (Å²) in [5, 5.41) is 5.80. The first-order valence-electron chi connectivity index (χ1n) is 10.8. The molecular weight excluding hydrogens is 366 g/mol. The lowest BCUT2D eigenvalue weighted by Gasteiger charge is -2.56. The van der Waals surface area contributed by atoms with Crippen LogP contribution in [0.25, 0.3) is 0 Å². The quantitative estimate of drug-likeness (QED) is 0.770. The molecule has 4 bridgehead atoms. The maximum atomic E-state index is 12.7. The minimum atomic E-state index is -0.414. The predicted octanol–water partition coefficient (Wildman–Crippen LogP) is 3.31. The molecule has 158 valence electrons. The van der Waals surface area contributed by atoms with Crippen LogP contribution in [0.5, 0.6) is 5.75 Å². The van der Waals surface area contributed by atoms with Gasteiger partial charge in [0.1, 0.15) is 5.75 Å². The third-order valence-corrected chi connectivity index (χ3v) is 7.26. The Morgan fingerprint density at radius 2 is 1.79 bits per heavy atom. The van der Waals surface area contributed by atoms with Gasteiger partial charge in [-0.2, -0.15) is 0 Å². The molecule has 0 heterocycles. The van der Waals surface area contributed by atoms with Crippen LogP contribution in [0.3, 0.4) is 0 Å². The van der Waals surface area contributed by atoms with Crippen LogP contribution in [0.15, 0.2) is 24.3 Å². The second-order valence-corrected chi connectivity index (χ2v) is 9.58. The average molecular weight is 400 g/mol. The largest absolute Gasteiger partial charge is 0.497 e. The predicted molar refractivity (Wildman–Crippen MR) is 112 cm³/mol. The highest BCUT2D eigenvalue weighted by atomic mass is 16.5. The number of nitrogens with zero attached hydrogens (tertiary/aromatic N) is 1. The maximum absolute atomic E-state index is 12.7. The molecule has 6 nitrogen and oxygen atoms in total. The van der Waals surface area contributed by atoms with E-state index in [9.17, 15) is 9.59 Å². The number of urea groups is 1. The number of carbonyl (C=O) groups excluding carboxylic acids is 2. The van der Waals surface area contributed by atoms with Gasteiger partial charge in [-0.3, -0.25) is 15.0 Å². The van der Waals surface area contributed by atoms with Crippen molar-refractivity contribution >= 4 is 11.9 Å². The van der Waals surface area contributed by atoms with Crippen molar-refractivity contribution in [1.29, 1.82) is 0 Å². The fourth-order valence-electron chi connectivity index (χ4n) is 6.15. The van der Waals surface area contributed by atoms with Crippen molar-refractivity contribution < 1.29 is 14.3 Å². The molecule has 4 aliphatic carbocycles. The van der Waals surface area contributed by atoms with Gasteiger partial charge in [0.25, 0.3) is 0 Å². The molecular formula is C23H33N3O3. The Labute approximate surface area is 173 Å². The van der Waals surface area contributed by atoms with E-state index >= 15 is 0 Å². The van der Waals surface area contributed by atoms with Crippen molar-refractivity contribution in [3.63, 3.8) is 0 Å². The van der Waals surface area contributed by atoms with Crippen LogP contribution in [-0.4, -0.2) is 42.6 Å². The molecule has 1 aromatic rings. The Balaban J connectivity index is 1.30. The number of ether oxygens (including phenoxy) is 1. The number of likely N-dealkylation sites (N-methyl/N-ethyl adjacent to an activating group) is 1. The summed E-state index contributed by atoms with van der Waals surface area (Å²) in [5.74, 6) is 2.79. The van der Waals surface area contributed by atoms with E-state index < -0.39 is 6.04 Å². The summed E-state index contributed by atoms with van der Waals surface area (Å²) in [5.41, 5.74) is 0.971. The fourth-order valence-corrected chi connectivity index (χ4v) is 6.15. The SMILES string of the molecule is COc1cccc(CN(C)C(C)C(=O)NC(=O)NC23CC4CC(CC(C4)C2)C3)c1. The van der Waals surface area contributed by atoms with E-state index in [-0.39, 0.29) is 17.5 Å². The zero-order valence-corrected chi connectivity index (χ0v) is 17.7. The molecule has 4 saturated carbocycles. The van der Waals surface area contributed by atoms with Gasteiger partial charge in [0.05, 0.1) is 13.2 Å². The first-order valence-corrected chi connectivity index (χ1v) is 10.8. The van der Waals surface area contributed by atoms with Crippen LogP contribution >= 0.6 is 0 Å². The number of amides is 3. The van der Waals surface area contributed by atoms with Crippen LogP contribution in [0.1, 0.15) is 51.0 Å². The van der Waals surface area contributed by atoms with Crippen molar-refractivity contribution in [1.82, 2.24) is 15.5 Å². The molecule has 6 heteroatoms. The number of carbonyl (C=O) groups is 2. The normalized spacial score (nSPS) is 30.8. The Morgan fingerprint density at radius 3 is 2.38 bits per heavy atom. The average Bonchev–Trinajstić information content (AvgIpc) is 2.65. The topological polar surface area (TPSA) is 70.7 Å². The molecule has 0 spiro atoms. The van der Waals surface area contributed by atoms with Crippen molar-refractivity contribution in [2.24, 2.45) is 17.8 Å². The number of nitrogens with one attached hydrogen (secondary N) is 2. The molecule has 1 atom stereocenters. The summed E-state index contributed by atoms with van der Waals surface area (Å²) in [6.07, 6.45) is 7.21. The Morgan fingerprint density at radius 1 is 1.17 bits per heavy atom. The van der Waals surface area contributed by atoms with Crippen molar-refractivity contribution in [2.45, 2.75) is 63.6 Å². The number of hydrogen-bond donors (Lipinski definition) is 2. The van der Waals surface area contributed by atoms with Crippen molar-refractivity contribution in [3.8, 4) is 5.75 Å². The molecule has 29 heavy (non-hydrogen) atoms. The first kappa shape index (κ1) is 20.2. The highest BCUT2D eigenvalue weighted by Crippen LogP contribution is 2.55. The number of rotatable bonds is 6. The molecule has 4 aliphatic rings. The Hall–Kier alpha value is -2.08. The zero-order valence-electron chi connectivity index (χ0n) is 17.7. The molecule has 0 radical (unpaired) electrons. The Bertz CT molecular complexity index is 743. The van der Waals surface area contributed by atoms with Crippen LogP contribution in [-0.2, 0) is 11.3 Å². The fraction of sp³-hybridized carbons (Fsp3) is 0.652. The smallest absolute Gasteiger partial charge is 0.321 e. The molecule has 2 N–H and O–H groups in total. The zero-order chi connectivity index (χ0) is 20.6. The van der Waals surface area contributed by atoms with E-state index in [4.69, 9.17) is 4.74 Å². The molecule has 5 rings (SSSR count). The number of methoxy groups -OCH3 is 1. The summed E-state index contributed by atoms with van der Waals surface area (Å²) < 4.78 is 5.26. The van der Waals surface area contributed by atoms with E-state index in [0.29, 0.717) is 6.54 Å². The van der Waals surface area contributed by atoms with Crippen LogP contribution < -0.4 is 15.4 Å². The summed E-state index contributed by atoms with van der Waals surface area (Å²) in [4.78, 5) is 27.2. The molecule has 0 aliphatic heterocycles. The standard InChI is InChI=1S/C23H33N3O3/c1-15(26(2)14-16-5-4-6-20(10-16)29-3)21(27)24-22(28)25-23-11-17-7-18(12-23)9-19(8-17)13-23/h4-6,10,15,17-19H,7-9,11-14H2,1-3H3,(H2,24,25,27,28). The van der Waals surface area contributed by atoms with E-state index in [1.165, 1.54) is 19.3 Å².